The first-order chi connectivity index (χ1) is 9.83. The van der Waals surface area contributed by atoms with Gasteiger partial charge in [-0.25, -0.2) is 4.57 Å². The second-order valence-electron chi connectivity index (χ2n) is 4.22. The summed E-state index contributed by atoms with van der Waals surface area (Å²) in [4.78, 5) is 12.2. The fraction of sp³-hybridized carbons (Fsp3) is 0.0769. The molecule has 8 heteroatoms. The molecule has 0 spiro atoms. The van der Waals surface area contributed by atoms with Crippen LogP contribution in [0.15, 0.2) is 41.2 Å². The van der Waals surface area contributed by atoms with Crippen molar-refractivity contribution in [3.8, 4) is 17.6 Å². The van der Waals surface area contributed by atoms with Gasteiger partial charge in [0, 0.05) is 6.07 Å². The van der Waals surface area contributed by atoms with E-state index in [1.54, 1.807) is 36.4 Å². The van der Waals surface area contributed by atoms with Crippen LogP contribution in [0.4, 0.5) is 0 Å². The summed E-state index contributed by atoms with van der Waals surface area (Å²) in [6.07, 6.45) is 0. The van der Waals surface area contributed by atoms with Crippen molar-refractivity contribution in [1.82, 2.24) is 4.57 Å². The zero-order valence-electron chi connectivity index (χ0n) is 10.6. The van der Waals surface area contributed by atoms with Crippen molar-refractivity contribution in [3.63, 3.8) is 0 Å². The zero-order valence-corrected chi connectivity index (χ0v) is 11.4. The van der Waals surface area contributed by atoms with Crippen LogP contribution in [0.2, 0.25) is 0 Å². The van der Waals surface area contributed by atoms with Crippen LogP contribution in [0, 0.1) is 11.3 Å². The van der Waals surface area contributed by atoms with Crippen LogP contribution in [-0.4, -0.2) is 22.6 Å². The molecule has 1 aromatic carbocycles. The van der Waals surface area contributed by atoms with Crippen molar-refractivity contribution in [1.29, 1.82) is 5.26 Å². The van der Waals surface area contributed by atoms with Crippen molar-refractivity contribution in [3.05, 3.63) is 57.9 Å². The van der Waals surface area contributed by atoms with Gasteiger partial charge < -0.3 is 5.11 Å². The average molecular weight is 306 g/mol. The Kier molecular flexibility index (Phi) is 3.80. The summed E-state index contributed by atoms with van der Waals surface area (Å²) >= 11 is 0. The fourth-order valence-electron chi connectivity index (χ4n) is 1.90. The Balaban J connectivity index is 2.74. The number of hydrogen-bond donors (Lipinski definition) is 2. The molecule has 0 aliphatic rings. The van der Waals surface area contributed by atoms with E-state index in [0.717, 1.165) is 10.6 Å². The molecule has 0 radical (unpaired) electrons. The highest BCUT2D eigenvalue weighted by molar-refractivity contribution is 7.85. The van der Waals surface area contributed by atoms with Crippen LogP contribution in [0.5, 0.6) is 5.88 Å². The van der Waals surface area contributed by atoms with Crippen LogP contribution in [0.3, 0.4) is 0 Å². The van der Waals surface area contributed by atoms with Crippen molar-refractivity contribution in [2.45, 2.75) is 5.75 Å². The molecule has 108 valence electrons. The number of benzene rings is 1. The predicted octanol–water partition coefficient (Wildman–Crippen LogP) is 0.803. The highest BCUT2D eigenvalue weighted by atomic mass is 32.2. The van der Waals surface area contributed by atoms with Crippen molar-refractivity contribution in [2.24, 2.45) is 0 Å². The van der Waals surface area contributed by atoms with Gasteiger partial charge in [0.15, 0.2) is 5.88 Å². The lowest BCUT2D eigenvalue weighted by Crippen LogP contribution is -2.23. The molecular weight excluding hydrogens is 296 g/mol. The smallest absolute Gasteiger partial charge is 0.276 e. The third-order valence-corrected chi connectivity index (χ3v) is 3.41. The SMILES string of the molecule is N#Cc1c(CS(=O)(=O)O)cc(O)n(-c2ccccc2)c1=O. The first-order valence-electron chi connectivity index (χ1n) is 5.72. The number of aromatic nitrogens is 1. The Morgan fingerprint density at radius 1 is 1.24 bits per heavy atom. The van der Waals surface area contributed by atoms with Gasteiger partial charge in [-0.3, -0.25) is 9.35 Å². The minimum absolute atomic E-state index is 0.255. The van der Waals surface area contributed by atoms with E-state index in [9.17, 15) is 18.3 Å². The largest absolute Gasteiger partial charge is 0.494 e. The van der Waals surface area contributed by atoms with E-state index in [-0.39, 0.29) is 5.56 Å². The predicted molar refractivity (Wildman–Crippen MR) is 73.7 cm³/mol. The van der Waals surface area contributed by atoms with Gasteiger partial charge in [0.1, 0.15) is 17.4 Å². The minimum Gasteiger partial charge on any atom is -0.494 e. The average Bonchev–Trinajstić information content (AvgIpc) is 2.38. The van der Waals surface area contributed by atoms with Crippen LogP contribution in [-0.2, 0) is 15.9 Å². The molecule has 0 amide bonds. The summed E-state index contributed by atoms with van der Waals surface area (Å²) in [5.74, 6) is -1.45. The Hall–Kier alpha value is -2.63. The maximum absolute atomic E-state index is 12.2. The summed E-state index contributed by atoms with van der Waals surface area (Å²) in [6.45, 7) is 0. The number of rotatable bonds is 3. The minimum atomic E-state index is -4.43. The monoisotopic (exact) mass is 306 g/mol. The van der Waals surface area contributed by atoms with Gasteiger partial charge in [-0.2, -0.15) is 13.7 Å². The first kappa shape index (κ1) is 14.8. The molecule has 1 aromatic heterocycles. The fourth-order valence-corrected chi connectivity index (χ4v) is 2.52. The van der Waals surface area contributed by atoms with Crippen LogP contribution >= 0.6 is 0 Å². The van der Waals surface area contributed by atoms with E-state index in [4.69, 9.17) is 9.81 Å². The molecule has 0 saturated carbocycles. The Morgan fingerprint density at radius 2 is 1.86 bits per heavy atom. The molecule has 21 heavy (non-hydrogen) atoms. The van der Waals surface area contributed by atoms with Gasteiger partial charge in [-0.1, -0.05) is 18.2 Å². The van der Waals surface area contributed by atoms with E-state index in [1.165, 1.54) is 0 Å². The van der Waals surface area contributed by atoms with E-state index in [1.807, 2.05) is 0 Å². The van der Waals surface area contributed by atoms with E-state index < -0.39 is 32.9 Å². The summed E-state index contributed by atoms with van der Waals surface area (Å²) in [5, 5.41) is 19.0. The maximum atomic E-state index is 12.2. The summed E-state index contributed by atoms with van der Waals surface area (Å²) < 4.78 is 31.5. The molecule has 2 aromatic rings. The molecule has 0 saturated heterocycles. The van der Waals surface area contributed by atoms with Crippen LogP contribution in [0.25, 0.3) is 5.69 Å². The molecule has 0 fully saturated rings. The number of aromatic hydroxyl groups is 1. The number of pyridine rings is 1. The number of nitriles is 1. The summed E-state index contributed by atoms with van der Waals surface area (Å²) in [6, 6.07) is 10.7. The second kappa shape index (κ2) is 5.40. The van der Waals surface area contributed by atoms with Crippen molar-refractivity contribution in [2.75, 3.05) is 0 Å². The third kappa shape index (κ3) is 3.10. The topological polar surface area (TPSA) is 120 Å². The Labute approximate surface area is 120 Å². The Bertz CT molecular complexity index is 879. The van der Waals surface area contributed by atoms with Crippen LogP contribution in [0.1, 0.15) is 11.1 Å². The second-order valence-corrected chi connectivity index (χ2v) is 5.67. The summed E-state index contributed by atoms with van der Waals surface area (Å²) in [7, 11) is -4.43. The highest BCUT2D eigenvalue weighted by Gasteiger charge is 2.19. The lowest BCUT2D eigenvalue weighted by atomic mass is 10.1. The van der Waals surface area contributed by atoms with Gasteiger partial charge in [-0.05, 0) is 17.7 Å². The molecule has 2 rings (SSSR count). The highest BCUT2D eigenvalue weighted by Crippen LogP contribution is 2.19. The number of para-hydroxylation sites is 1. The molecule has 2 N–H and O–H groups in total. The molecule has 0 atom stereocenters. The van der Waals surface area contributed by atoms with E-state index in [0.29, 0.717) is 5.69 Å². The molecule has 0 aliphatic carbocycles. The van der Waals surface area contributed by atoms with Gasteiger partial charge in [0.25, 0.3) is 15.7 Å². The van der Waals surface area contributed by atoms with E-state index in [2.05, 4.69) is 0 Å². The summed E-state index contributed by atoms with van der Waals surface area (Å²) in [5.41, 5.74) is -1.23. The standard InChI is InChI=1S/C13H10N2O5S/c14-7-11-9(8-21(18,19)20)6-12(16)15(13(11)17)10-4-2-1-3-5-10/h1-6,16H,8H2,(H,18,19,20). The lowest BCUT2D eigenvalue weighted by Gasteiger charge is -2.11. The van der Waals surface area contributed by atoms with Crippen molar-refractivity contribution < 1.29 is 18.1 Å². The van der Waals surface area contributed by atoms with Gasteiger partial charge >= 0.3 is 0 Å². The van der Waals surface area contributed by atoms with Gasteiger partial charge in [0.2, 0.25) is 0 Å². The quantitative estimate of drug-likeness (QED) is 0.809. The molecule has 0 unspecified atom stereocenters. The number of hydrogen-bond acceptors (Lipinski definition) is 5. The number of nitrogens with zero attached hydrogens (tertiary/aromatic N) is 2. The lowest BCUT2D eigenvalue weighted by molar-refractivity contribution is 0.434. The van der Waals surface area contributed by atoms with Gasteiger partial charge in [-0.15, -0.1) is 0 Å². The molecule has 0 bridgehead atoms. The van der Waals surface area contributed by atoms with Gasteiger partial charge in [0.05, 0.1) is 5.69 Å². The third-order valence-electron chi connectivity index (χ3n) is 2.73. The normalized spacial score (nSPS) is 11.0. The van der Waals surface area contributed by atoms with Crippen molar-refractivity contribution >= 4 is 10.1 Å². The zero-order chi connectivity index (χ0) is 15.6. The molecule has 0 aliphatic heterocycles. The molecule has 1 heterocycles. The first-order valence-corrected chi connectivity index (χ1v) is 7.33. The Morgan fingerprint density at radius 3 is 2.38 bits per heavy atom. The van der Waals surface area contributed by atoms with E-state index >= 15 is 0 Å². The molecule has 7 nitrogen and oxygen atoms in total. The molecular formula is C13H10N2O5S. The van der Waals surface area contributed by atoms with Crippen LogP contribution < -0.4 is 5.56 Å². The maximum Gasteiger partial charge on any atom is 0.276 e.